The van der Waals surface area contributed by atoms with Gasteiger partial charge in [0.1, 0.15) is 0 Å². The van der Waals surface area contributed by atoms with E-state index in [2.05, 4.69) is 31.1 Å². The van der Waals surface area contributed by atoms with Gasteiger partial charge in [0.05, 0.1) is 12.8 Å². The Morgan fingerprint density at radius 2 is 2.00 bits per heavy atom. The highest BCUT2D eigenvalue weighted by Crippen LogP contribution is 2.24. The number of hydrogen-bond acceptors (Lipinski definition) is 3. The van der Waals surface area contributed by atoms with Gasteiger partial charge in [-0.15, -0.1) is 0 Å². The average molecular weight is 279 g/mol. The normalized spacial score (nSPS) is 17.0. The molecule has 1 saturated carbocycles. The predicted octanol–water partition coefficient (Wildman–Crippen LogP) is 3.08. The summed E-state index contributed by atoms with van der Waals surface area (Å²) in [5, 5.41) is 3.08. The summed E-state index contributed by atoms with van der Waals surface area (Å²) in [7, 11) is 1.54. The second-order valence-corrected chi connectivity index (χ2v) is 6.52. The van der Waals surface area contributed by atoms with Crippen LogP contribution in [-0.2, 0) is 5.41 Å². The van der Waals surface area contributed by atoms with Gasteiger partial charge in [-0.25, -0.2) is 9.36 Å². The third-order valence-electron chi connectivity index (χ3n) is 3.78. The quantitative estimate of drug-likeness (QED) is 0.905. The fraction of sp³-hybridized carbons (Fsp3) is 0.733. The smallest absolute Gasteiger partial charge is 0.329 e. The van der Waals surface area contributed by atoms with E-state index in [9.17, 15) is 4.79 Å². The van der Waals surface area contributed by atoms with E-state index < -0.39 is 0 Å². The SMILES string of the molecule is COc1nc(C(C)(C)C)cn1C(=O)NC1CCCCC1. The van der Waals surface area contributed by atoms with Crippen LogP contribution in [0.15, 0.2) is 6.20 Å². The summed E-state index contributed by atoms with van der Waals surface area (Å²) in [5.74, 6) is 0. The second-order valence-electron chi connectivity index (χ2n) is 6.52. The number of amides is 1. The Kier molecular flexibility index (Phi) is 4.35. The van der Waals surface area contributed by atoms with Crippen LogP contribution in [0.4, 0.5) is 4.79 Å². The molecular formula is C15H25N3O2. The zero-order valence-electron chi connectivity index (χ0n) is 12.9. The van der Waals surface area contributed by atoms with Crippen molar-refractivity contribution in [1.29, 1.82) is 0 Å². The minimum Gasteiger partial charge on any atom is -0.468 e. The Hall–Kier alpha value is -1.52. The number of rotatable bonds is 2. The van der Waals surface area contributed by atoms with Gasteiger partial charge in [0, 0.05) is 17.7 Å². The van der Waals surface area contributed by atoms with Crippen LogP contribution in [0, 0.1) is 0 Å². The third-order valence-corrected chi connectivity index (χ3v) is 3.78. The number of hydrogen-bond donors (Lipinski definition) is 1. The van der Waals surface area contributed by atoms with Gasteiger partial charge >= 0.3 is 12.0 Å². The number of nitrogens with zero attached hydrogens (tertiary/aromatic N) is 2. The second kappa shape index (κ2) is 5.85. The largest absolute Gasteiger partial charge is 0.468 e. The fourth-order valence-corrected chi connectivity index (χ4v) is 2.51. The molecule has 1 heterocycles. The molecule has 0 bridgehead atoms. The molecule has 1 fully saturated rings. The first-order valence-electron chi connectivity index (χ1n) is 7.36. The van der Waals surface area contributed by atoms with E-state index in [1.54, 1.807) is 13.3 Å². The molecular weight excluding hydrogens is 254 g/mol. The molecule has 0 saturated heterocycles. The van der Waals surface area contributed by atoms with Crippen molar-refractivity contribution in [3.8, 4) is 6.01 Å². The summed E-state index contributed by atoms with van der Waals surface area (Å²) < 4.78 is 6.70. The molecule has 5 nitrogen and oxygen atoms in total. The van der Waals surface area contributed by atoms with E-state index >= 15 is 0 Å². The first-order valence-corrected chi connectivity index (χ1v) is 7.36. The maximum Gasteiger partial charge on any atom is 0.329 e. The van der Waals surface area contributed by atoms with Gasteiger partial charge in [0.25, 0.3) is 0 Å². The van der Waals surface area contributed by atoms with E-state index in [1.807, 2.05) is 0 Å². The Morgan fingerprint density at radius 1 is 1.35 bits per heavy atom. The first-order chi connectivity index (χ1) is 9.41. The van der Waals surface area contributed by atoms with Crippen molar-refractivity contribution in [2.75, 3.05) is 7.11 Å². The molecule has 0 atom stereocenters. The molecule has 0 spiro atoms. The molecule has 2 rings (SSSR count). The molecule has 1 aromatic heterocycles. The number of imidazole rings is 1. The summed E-state index contributed by atoms with van der Waals surface area (Å²) in [6.07, 6.45) is 7.56. The maximum atomic E-state index is 12.4. The van der Waals surface area contributed by atoms with Crippen molar-refractivity contribution < 1.29 is 9.53 Å². The average Bonchev–Trinajstić information content (AvgIpc) is 2.84. The van der Waals surface area contributed by atoms with Gasteiger partial charge in [-0.1, -0.05) is 40.0 Å². The van der Waals surface area contributed by atoms with Gasteiger partial charge in [0.2, 0.25) is 0 Å². The zero-order chi connectivity index (χ0) is 14.8. The molecule has 20 heavy (non-hydrogen) atoms. The molecule has 112 valence electrons. The van der Waals surface area contributed by atoms with Crippen LogP contribution in [-0.4, -0.2) is 28.7 Å². The molecule has 0 aromatic carbocycles. The standard InChI is InChI=1S/C15H25N3O2/c1-15(2,3)12-10-18(14(17-12)20-4)13(19)16-11-8-6-5-7-9-11/h10-11H,5-9H2,1-4H3,(H,16,19). The molecule has 1 aromatic rings. The first kappa shape index (κ1) is 14.9. The lowest BCUT2D eigenvalue weighted by Gasteiger charge is -2.22. The van der Waals surface area contributed by atoms with Crippen molar-refractivity contribution in [2.24, 2.45) is 0 Å². The van der Waals surface area contributed by atoms with E-state index in [0.717, 1.165) is 18.5 Å². The lowest BCUT2D eigenvalue weighted by molar-refractivity contribution is 0.230. The Bertz CT molecular complexity index is 468. The molecule has 5 heteroatoms. The van der Waals surface area contributed by atoms with E-state index in [-0.39, 0.29) is 17.5 Å². The fourth-order valence-electron chi connectivity index (χ4n) is 2.51. The van der Waals surface area contributed by atoms with Crippen molar-refractivity contribution in [3.63, 3.8) is 0 Å². The van der Waals surface area contributed by atoms with Crippen molar-refractivity contribution in [2.45, 2.75) is 64.3 Å². The van der Waals surface area contributed by atoms with Gasteiger partial charge in [-0.05, 0) is 12.8 Å². The van der Waals surface area contributed by atoms with Crippen molar-refractivity contribution >= 4 is 6.03 Å². The molecule has 1 aliphatic rings. The number of carbonyl (C=O) groups is 1. The minimum atomic E-state index is -0.142. The number of methoxy groups -OCH3 is 1. The summed E-state index contributed by atoms with van der Waals surface area (Å²) >= 11 is 0. The predicted molar refractivity (Wildman–Crippen MR) is 78.3 cm³/mol. The van der Waals surface area contributed by atoms with Crippen molar-refractivity contribution in [1.82, 2.24) is 14.9 Å². The maximum absolute atomic E-state index is 12.4. The summed E-state index contributed by atoms with van der Waals surface area (Å²) in [5.41, 5.74) is 0.747. The molecule has 1 N–H and O–H groups in total. The Morgan fingerprint density at radius 3 is 2.55 bits per heavy atom. The monoisotopic (exact) mass is 279 g/mol. The van der Waals surface area contributed by atoms with Crippen LogP contribution in [0.3, 0.4) is 0 Å². The van der Waals surface area contributed by atoms with E-state index in [0.29, 0.717) is 6.01 Å². The molecule has 1 amide bonds. The third kappa shape index (κ3) is 3.32. The summed E-state index contributed by atoms with van der Waals surface area (Å²) in [6.45, 7) is 6.20. The Labute approximate surface area is 120 Å². The molecule has 0 radical (unpaired) electrons. The van der Waals surface area contributed by atoms with Crippen LogP contribution in [0.25, 0.3) is 0 Å². The van der Waals surface area contributed by atoms with Crippen LogP contribution in [0.5, 0.6) is 6.01 Å². The van der Waals surface area contributed by atoms with Crippen LogP contribution < -0.4 is 10.1 Å². The zero-order valence-corrected chi connectivity index (χ0v) is 12.9. The highest BCUT2D eigenvalue weighted by atomic mass is 16.5. The Balaban J connectivity index is 2.14. The van der Waals surface area contributed by atoms with Gasteiger partial charge in [-0.3, -0.25) is 0 Å². The van der Waals surface area contributed by atoms with Crippen LogP contribution >= 0.6 is 0 Å². The van der Waals surface area contributed by atoms with Gasteiger partial charge in [-0.2, -0.15) is 4.98 Å². The summed E-state index contributed by atoms with van der Waals surface area (Å²) in [4.78, 5) is 16.8. The highest BCUT2D eigenvalue weighted by molar-refractivity contribution is 5.78. The van der Waals surface area contributed by atoms with E-state index in [1.165, 1.54) is 23.8 Å². The number of carbonyl (C=O) groups excluding carboxylic acids is 1. The van der Waals surface area contributed by atoms with Crippen molar-refractivity contribution in [3.05, 3.63) is 11.9 Å². The topological polar surface area (TPSA) is 56.2 Å². The lowest BCUT2D eigenvalue weighted by atomic mass is 9.93. The summed E-state index contributed by atoms with van der Waals surface area (Å²) in [6, 6.07) is 0.487. The van der Waals surface area contributed by atoms with Gasteiger partial charge < -0.3 is 10.1 Å². The number of aromatic nitrogens is 2. The van der Waals surface area contributed by atoms with Gasteiger partial charge in [0.15, 0.2) is 0 Å². The highest BCUT2D eigenvalue weighted by Gasteiger charge is 2.24. The van der Waals surface area contributed by atoms with Crippen LogP contribution in [0.1, 0.15) is 58.6 Å². The van der Waals surface area contributed by atoms with Crippen LogP contribution in [0.2, 0.25) is 0 Å². The molecule has 0 unspecified atom stereocenters. The minimum absolute atomic E-state index is 0.107. The van der Waals surface area contributed by atoms with E-state index in [4.69, 9.17) is 4.74 Å². The molecule has 0 aliphatic heterocycles. The lowest BCUT2D eigenvalue weighted by Crippen LogP contribution is -2.38. The number of nitrogens with one attached hydrogen (secondary N) is 1. The number of ether oxygens (including phenoxy) is 1. The molecule has 1 aliphatic carbocycles.